The summed E-state index contributed by atoms with van der Waals surface area (Å²) in [6.07, 6.45) is 2.47. The lowest BCUT2D eigenvalue weighted by molar-refractivity contribution is -0.144. The normalized spacial score (nSPS) is 20.5. The summed E-state index contributed by atoms with van der Waals surface area (Å²) in [7, 11) is 0. The summed E-state index contributed by atoms with van der Waals surface area (Å²) in [5.41, 5.74) is 1.93. The van der Waals surface area contributed by atoms with Gasteiger partial charge in [-0.15, -0.1) is 11.3 Å². The van der Waals surface area contributed by atoms with E-state index in [1.807, 2.05) is 35.7 Å². The molecule has 1 fully saturated rings. The summed E-state index contributed by atoms with van der Waals surface area (Å²) >= 11 is 1.57. The molecule has 0 saturated heterocycles. The number of nitrogens with zero attached hydrogens (tertiary/aromatic N) is 1. The maximum atomic E-state index is 12.2. The first-order chi connectivity index (χ1) is 11.6. The SMILES string of the molecule is O=C(O)C1CCC(C(=O)NCc2csc(-c3ccccc3)n2)CC1. The Labute approximate surface area is 144 Å². The van der Waals surface area contributed by atoms with Crippen LogP contribution in [0.15, 0.2) is 35.7 Å². The lowest BCUT2D eigenvalue weighted by atomic mass is 9.81. The fraction of sp³-hybridized carbons (Fsp3) is 0.389. The van der Waals surface area contributed by atoms with Gasteiger partial charge in [0.1, 0.15) is 5.01 Å². The summed E-state index contributed by atoms with van der Waals surface area (Å²) in [6.45, 7) is 0.418. The van der Waals surface area contributed by atoms with E-state index in [9.17, 15) is 9.59 Å². The van der Waals surface area contributed by atoms with Crippen LogP contribution >= 0.6 is 11.3 Å². The summed E-state index contributed by atoms with van der Waals surface area (Å²) in [6, 6.07) is 9.96. The van der Waals surface area contributed by atoms with Crippen molar-refractivity contribution in [2.45, 2.75) is 32.2 Å². The van der Waals surface area contributed by atoms with E-state index in [1.54, 1.807) is 11.3 Å². The second kappa shape index (κ2) is 7.57. The lowest BCUT2D eigenvalue weighted by Gasteiger charge is -2.25. The number of hydrogen-bond acceptors (Lipinski definition) is 4. The van der Waals surface area contributed by atoms with Gasteiger partial charge < -0.3 is 10.4 Å². The third kappa shape index (κ3) is 4.00. The quantitative estimate of drug-likeness (QED) is 0.872. The van der Waals surface area contributed by atoms with E-state index in [4.69, 9.17) is 5.11 Å². The van der Waals surface area contributed by atoms with Gasteiger partial charge >= 0.3 is 5.97 Å². The predicted molar refractivity (Wildman–Crippen MR) is 92.5 cm³/mol. The zero-order chi connectivity index (χ0) is 16.9. The van der Waals surface area contributed by atoms with Gasteiger partial charge in [0, 0.05) is 16.9 Å². The highest BCUT2D eigenvalue weighted by Gasteiger charge is 2.29. The maximum absolute atomic E-state index is 12.2. The summed E-state index contributed by atoms with van der Waals surface area (Å²) in [5, 5.41) is 14.8. The van der Waals surface area contributed by atoms with Crippen LogP contribution in [-0.4, -0.2) is 22.0 Å². The van der Waals surface area contributed by atoms with E-state index < -0.39 is 5.97 Å². The number of thiazole rings is 1. The molecule has 0 bridgehead atoms. The van der Waals surface area contributed by atoms with Crippen molar-refractivity contribution in [3.05, 3.63) is 41.4 Å². The van der Waals surface area contributed by atoms with Gasteiger partial charge in [-0.1, -0.05) is 30.3 Å². The Balaban J connectivity index is 1.50. The second-order valence-corrected chi connectivity index (χ2v) is 6.97. The van der Waals surface area contributed by atoms with Crippen molar-refractivity contribution in [2.75, 3.05) is 0 Å². The first-order valence-electron chi connectivity index (χ1n) is 8.14. The molecule has 0 unspecified atom stereocenters. The van der Waals surface area contributed by atoms with Gasteiger partial charge in [0.25, 0.3) is 0 Å². The van der Waals surface area contributed by atoms with Crippen molar-refractivity contribution in [3.8, 4) is 10.6 Å². The third-order valence-electron chi connectivity index (χ3n) is 4.46. The van der Waals surface area contributed by atoms with Gasteiger partial charge in [-0.05, 0) is 25.7 Å². The van der Waals surface area contributed by atoms with Crippen molar-refractivity contribution in [2.24, 2.45) is 11.8 Å². The Hall–Kier alpha value is -2.21. The molecule has 24 heavy (non-hydrogen) atoms. The Bertz CT molecular complexity index is 706. The van der Waals surface area contributed by atoms with Crippen LogP contribution in [0.3, 0.4) is 0 Å². The number of carboxylic acid groups (broad SMARTS) is 1. The number of hydrogen-bond donors (Lipinski definition) is 2. The number of nitrogens with one attached hydrogen (secondary N) is 1. The maximum Gasteiger partial charge on any atom is 0.306 e. The molecular weight excluding hydrogens is 324 g/mol. The topological polar surface area (TPSA) is 79.3 Å². The average molecular weight is 344 g/mol. The molecule has 1 aromatic carbocycles. The molecular formula is C18H20N2O3S. The summed E-state index contributed by atoms with van der Waals surface area (Å²) < 4.78 is 0. The van der Waals surface area contributed by atoms with E-state index >= 15 is 0 Å². The molecule has 0 radical (unpaired) electrons. The third-order valence-corrected chi connectivity index (χ3v) is 5.40. The predicted octanol–water partition coefficient (Wildman–Crippen LogP) is 3.32. The average Bonchev–Trinajstić information content (AvgIpc) is 3.09. The van der Waals surface area contributed by atoms with Gasteiger partial charge in [-0.25, -0.2) is 4.98 Å². The van der Waals surface area contributed by atoms with E-state index in [-0.39, 0.29) is 17.7 Å². The molecule has 126 valence electrons. The van der Waals surface area contributed by atoms with Crippen LogP contribution in [0, 0.1) is 11.8 Å². The molecule has 5 nitrogen and oxygen atoms in total. The van der Waals surface area contributed by atoms with Gasteiger partial charge in [-0.3, -0.25) is 9.59 Å². The van der Waals surface area contributed by atoms with Crippen molar-refractivity contribution in [1.29, 1.82) is 0 Å². The highest BCUT2D eigenvalue weighted by molar-refractivity contribution is 7.13. The molecule has 1 amide bonds. The lowest BCUT2D eigenvalue weighted by Crippen LogP contribution is -2.34. The molecule has 1 heterocycles. The number of carboxylic acids is 1. The minimum atomic E-state index is -0.746. The molecule has 1 saturated carbocycles. The molecule has 2 N–H and O–H groups in total. The van der Waals surface area contributed by atoms with E-state index in [0.29, 0.717) is 32.2 Å². The molecule has 3 rings (SSSR count). The minimum Gasteiger partial charge on any atom is -0.481 e. The first-order valence-corrected chi connectivity index (χ1v) is 9.02. The minimum absolute atomic E-state index is 0.00750. The Morgan fingerprint density at radius 2 is 1.79 bits per heavy atom. The van der Waals surface area contributed by atoms with Crippen molar-refractivity contribution >= 4 is 23.2 Å². The van der Waals surface area contributed by atoms with Crippen molar-refractivity contribution in [1.82, 2.24) is 10.3 Å². The number of carbonyl (C=O) groups is 2. The van der Waals surface area contributed by atoms with Crippen LogP contribution in [0.1, 0.15) is 31.4 Å². The molecule has 0 atom stereocenters. The molecule has 0 aliphatic heterocycles. The Kier molecular flexibility index (Phi) is 5.25. The number of aliphatic carboxylic acids is 1. The summed E-state index contributed by atoms with van der Waals surface area (Å²) in [4.78, 5) is 27.8. The van der Waals surface area contributed by atoms with E-state index in [2.05, 4.69) is 10.3 Å². The smallest absolute Gasteiger partial charge is 0.306 e. The number of carbonyl (C=O) groups excluding carboxylic acids is 1. The fourth-order valence-corrected chi connectivity index (χ4v) is 3.85. The highest BCUT2D eigenvalue weighted by atomic mass is 32.1. The van der Waals surface area contributed by atoms with Crippen molar-refractivity contribution < 1.29 is 14.7 Å². The number of amides is 1. The van der Waals surface area contributed by atoms with Crippen LogP contribution < -0.4 is 5.32 Å². The van der Waals surface area contributed by atoms with Crippen LogP contribution in [0.2, 0.25) is 0 Å². The monoisotopic (exact) mass is 344 g/mol. The van der Waals surface area contributed by atoms with Gasteiger partial charge in [0.2, 0.25) is 5.91 Å². The largest absolute Gasteiger partial charge is 0.481 e. The standard InChI is InChI=1S/C18H20N2O3S/c21-16(12-6-8-14(9-7-12)18(22)23)19-10-15-11-24-17(20-15)13-4-2-1-3-5-13/h1-5,11-12,14H,6-10H2,(H,19,21)(H,22,23). The molecule has 1 aromatic heterocycles. The van der Waals surface area contributed by atoms with Gasteiger partial charge in [0.05, 0.1) is 18.2 Å². The molecule has 2 aromatic rings. The summed E-state index contributed by atoms with van der Waals surface area (Å²) in [5.74, 6) is -1.10. The highest BCUT2D eigenvalue weighted by Crippen LogP contribution is 2.29. The van der Waals surface area contributed by atoms with E-state index in [1.165, 1.54) is 0 Å². The Morgan fingerprint density at radius 3 is 2.46 bits per heavy atom. The number of rotatable bonds is 5. The van der Waals surface area contributed by atoms with E-state index in [0.717, 1.165) is 16.3 Å². The molecule has 1 aliphatic carbocycles. The molecule has 0 spiro atoms. The molecule has 1 aliphatic rings. The van der Waals surface area contributed by atoms with Crippen molar-refractivity contribution in [3.63, 3.8) is 0 Å². The zero-order valence-corrected chi connectivity index (χ0v) is 14.1. The first kappa shape index (κ1) is 16.6. The van der Waals surface area contributed by atoms with Crippen LogP contribution in [0.25, 0.3) is 10.6 Å². The number of benzene rings is 1. The van der Waals surface area contributed by atoms with Crippen LogP contribution in [-0.2, 0) is 16.1 Å². The fourth-order valence-electron chi connectivity index (χ4n) is 3.03. The second-order valence-electron chi connectivity index (χ2n) is 6.11. The van der Waals surface area contributed by atoms with Crippen LogP contribution in [0.5, 0.6) is 0 Å². The van der Waals surface area contributed by atoms with Gasteiger partial charge in [0.15, 0.2) is 0 Å². The Morgan fingerprint density at radius 1 is 1.12 bits per heavy atom. The van der Waals surface area contributed by atoms with Crippen LogP contribution in [0.4, 0.5) is 0 Å². The number of aromatic nitrogens is 1. The zero-order valence-electron chi connectivity index (χ0n) is 13.3. The molecule has 6 heteroatoms. The van der Waals surface area contributed by atoms with Gasteiger partial charge in [-0.2, -0.15) is 0 Å².